The Bertz CT molecular complexity index is 690. The van der Waals surface area contributed by atoms with Crippen LogP contribution >= 0.6 is 11.6 Å². The van der Waals surface area contributed by atoms with E-state index in [1.807, 2.05) is 18.2 Å². The molecule has 1 N–H and O–H groups in total. The molecule has 1 amide bonds. The summed E-state index contributed by atoms with van der Waals surface area (Å²) in [5.74, 6) is -0.714. The van der Waals surface area contributed by atoms with Gasteiger partial charge in [-0.15, -0.1) is 0 Å². The monoisotopic (exact) mass is 361 g/mol. The van der Waals surface area contributed by atoms with E-state index < -0.39 is 0 Å². The van der Waals surface area contributed by atoms with E-state index >= 15 is 0 Å². The number of esters is 1. The summed E-state index contributed by atoms with van der Waals surface area (Å²) >= 11 is 6.11. The van der Waals surface area contributed by atoms with E-state index in [1.165, 1.54) is 12.8 Å². The zero-order chi connectivity index (χ0) is 17.8. The number of carbonyl (C=O) groups excluding carboxylic acids is 2. The van der Waals surface area contributed by atoms with Crippen molar-refractivity contribution in [1.82, 2.24) is 5.32 Å². The van der Waals surface area contributed by atoms with Crippen LogP contribution in [-0.4, -0.2) is 18.0 Å². The normalized spacial score (nSPS) is 22.3. The Kier molecular flexibility index (Phi) is 5.79. The van der Waals surface area contributed by atoms with Crippen molar-refractivity contribution in [1.29, 1.82) is 0 Å². The molecule has 1 aliphatic carbocycles. The number of hydrogen-bond acceptors (Lipinski definition) is 3. The summed E-state index contributed by atoms with van der Waals surface area (Å²) in [6, 6.07) is 7.35. The zero-order valence-corrected chi connectivity index (χ0v) is 15.3. The quantitative estimate of drug-likeness (QED) is 0.637. The predicted octanol–water partition coefficient (Wildman–Crippen LogP) is 4.48. The smallest absolute Gasteiger partial charge is 0.336 e. The summed E-state index contributed by atoms with van der Waals surface area (Å²) in [5, 5.41) is 3.38. The second kappa shape index (κ2) is 8.05. The lowest BCUT2D eigenvalue weighted by atomic mass is 9.84. The van der Waals surface area contributed by atoms with Crippen molar-refractivity contribution < 1.29 is 14.3 Å². The van der Waals surface area contributed by atoms with Crippen molar-refractivity contribution in [2.45, 2.75) is 63.9 Å². The fourth-order valence-electron chi connectivity index (χ4n) is 3.75. The van der Waals surface area contributed by atoms with Gasteiger partial charge in [0.15, 0.2) is 0 Å². The number of allylic oxidation sites excluding steroid dienone is 1. The molecule has 0 unspecified atom stereocenters. The van der Waals surface area contributed by atoms with E-state index in [2.05, 4.69) is 5.32 Å². The fourth-order valence-corrected chi connectivity index (χ4v) is 3.95. The Morgan fingerprint density at radius 1 is 1.20 bits per heavy atom. The van der Waals surface area contributed by atoms with Gasteiger partial charge in [-0.3, -0.25) is 4.79 Å². The first-order chi connectivity index (χ1) is 12.0. The SMILES string of the molecule is CC1=C(C(=O)OC2CCCCCC2)[C@H](c2cccc(Cl)c2)CC(=O)N1. The third kappa shape index (κ3) is 4.43. The molecule has 1 aromatic carbocycles. The van der Waals surface area contributed by atoms with Crippen LogP contribution in [-0.2, 0) is 14.3 Å². The summed E-state index contributed by atoms with van der Waals surface area (Å²) in [6.45, 7) is 1.76. The van der Waals surface area contributed by atoms with Crippen LogP contribution in [0.4, 0.5) is 0 Å². The molecular weight excluding hydrogens is 338 g/mol. The first-order valence-corrected chi connectivity index (χ1v) is 9.39. The van der Waals surface area contributed by atoms with Crippen molar-refractivity contribution in [3.63, 3.8) is 0 Å². The molecule has 1 fully saturated rings. The summed E-state index contributed by atoms with van der Waals surface area (Å²) in [6.07, 6.45) is 6.67. The maximum absolute atomic E-state index is 12.9. The Hall–Kier alpha value is -1.81. The molecule has 3 rings (SSSR count). The van der Waals surface area contributed by atoms with Gasteiger partial charge in [0.2, 0.25) is 5.91 Å². The Morgan fingerprint density at radius 3 is 2.60 bits per heavy atom. The minimum Gasteiger partial charge on any atom is -0.459 e. The number of halogens is 1. The summed E-state index contributed by atoms with van der Waals surface area (Å²) in [7, 11) is 0. The average molecular weight is 362 g/mol. The number of benzene rings is 1. The molecule has 1 atom stereocenters. The second-order valence-electron chi connectivity index (χ2n) is 6.92. The average Bonchev–Trinajstić information content (AvgIpc) is 2.82. The molecule has 0 spiro atoms. The van der Waals surface area contributed by atoms with Crippen LogP contribution in [0.5, 0.6) is 0 Å². The number of hydrogen-bond donors (Lipinski definition) is 1. The number of nitrogens with one attached hydrogen (secondary N) is 1. The first-order valence-electron chi connectivity index (χ1n) is 9.01. The minimum atomic E-state index is -0.314. The molecule has 2 aliphatic rings. The molecule has 1 aromatic rings. The topological polar surface area (TPSA) is 55.4 Å². The lowest BCUT2D eigenvalue weighted by Crippen LogP contribution is -2.35. The van der Waals surface area contributed by atoms with Crippen molar-refractivity contribution in [2.75, 3.05) is 0 Å². The Morgan fingerprint density at radius 2 is 1.92 bits per heavy atom. The van der Waals surface area contributed by atoms with Crippen molar-refractivity contribution in [3.05, 3.63) is 46.1 Å². The zero-order valence-electron chi connectivity index (χ0n) is 14.5. The summed E-state index contributed by atoms with van der Waals surface area (Å²) in [4.78, 5) is 24.9. The summed E-state index contributed by atoms with van der Waals surface area (Å²) in [5.41, 5.74) is 2.00. The van der Waals surface area contributed by atoms with Gasteiger partial charge in [-0.25, -0.2) is 4.79 Å². The van der Waals surface area contributed by atoms with Crippen LogP contribution in [0.3, 0.4) is 0 Å². The van der Waals surface area contributed by atoms with Gasteiger partial charge < -0.3 is 10.1 Å². The highest BCUT2D eigenvalue weighted by molar-refractivity contribution is 6.30. The van der Waals surface area contributed by atoms with E-state index in [9.17, 15) is 9.59 Å². The highest BCUT2D eigenvalue weighted by atomic mass is 35.5. The molecule has 1 aliphatic heterocycles. The van der Waals surface area contributed by atoms with E-state index in [0.717, 1.165) is 31.2 Å². The Labute approximate surface area is 153 Å². The fraction of sp³-hybridized carbons (Fsp3) is 0.500. The van der Waals surface area contributed by atoms with Gasteiger partial charge in [0.1, 0.15) is 6.10 Å². The van der Waals surface area contributed by atoms with Gasteiger partial charge >= 0.3 is 5.97 Å². The first kappa shape index (κ1) is 18.0. The van der Waals surface area contributed by atoms with Gasteiger partial charge in [0, 0.05) is 23.1 Å². The van der Waals surface area contributed by atoms with Crippen LogP contribution in [0.15, 0.2) is 35.5 Å². The van der Waals surface area contributed by atoms with E-state index in [0.29, 0.717) is 16.3 Å². The van der Waals surface area contributed by atoms with E-state index in [-0.39, 0.29) is 30.3 Å². The van der Waals surface area contributed by atoms with Crippen LogP contribution in [0.1, 0.15) is 63.4 Å². The molecule has 1 saturated carbocycles. The maximum Gasteiger partial charge on any atom is 0.336 e. The molecule has 5 heteroatoms. The molecule has 0 bridgehead atoms. The van der Waals surface area contributed by atoms with Gasteiger partial charge in [-0.2, -0.15) is 0 Å². The minimum absolute atomic E-state index is 0.0204. The highest BCUT2D eigenvalue weighted by Crippen LogP contribution is 2.35. The lowest BCUT2D eigenvalue weighted by Gasteiger charge is -2.28. The molecular formula is C20H24ClNO3. The molecule has 1 heterocycles. The van der Waals surface area contributed by atoms with E-state index in [1.54, 1.807) is 13.0 Å². The predicted molar refractivity (Wildman–Crippen MR) is 97.2 cm³/mol. The lowest BCUT2D eigenvalue weighted by molar-refractivity contribution is -0.145. The number of carbonyl (C=O) groups is 2. The van der Waals surface area contributed by atoms with Crippen LogP contribution in [0, 0.1) is 0 Å². The third-order valence-corrected chi connectivity index (χ3v) is 5.25. The van der Waals surface area contributed by atoms with Crippen molar-refractivity contribution in [3.8, 4) is 0 Å². The van der Waals surface area contributed by atoms with Gasteiger partial charge in [0.05, 0.1) is 5.57 Å². The number of rotatable bonds is 3. The second-order valence-corrected chi connectivity index (χ2v) is 7.35. The molecule has 0 radical (unpaired) electrons. The van der Waals surface area contributed by atoms with E-state index in [4.69, 9.17) is 16.3 Å². The van der Waals surface area contributed by atoms with Crippen LogP contribution in [0.2, 0.25) is 5.02 Å². The van der Waals surface area contributed by atoms with Crippen molar-refractivity contribution >= 4 is 23.5 Å². The molecule has 0 aromatic heterocycles. The van der Waals surface area contributed by atoms with Crippen LogP contribution < -0.4 is 5.32 Å². The van der Waals surface area contributed by atoms with Gasteiger partial charge in [-0.05, 0) is 50.3 Å². The van der Waals surface area contributed by atoms with Gasteiger partial charge in [0.25, 0.3) is 0 Å². The molecule has 4 nitrogen and oxygen atoms in total. The van der Waals surface area contributed by atoms with Gasteiger partial charge in [-0.1, -0.05) is 36.6 Å². The molecule has 25 heavy (non-hydrogen) atoms. The highest BCUT2D eigenvalue weighted by Gasteiger charge is 2.34. The van der Waals surface area contributed by atoms with Crippen LogP contribution in [0.25, 0.3) is 0 Å². The maximum atomic E-state index is 12.9. The Balaban J connectivity index is 1.85. The largest absolute Gasteiger partial charge is 0.459 e. The third-order valence-electron chi connectivity index (χ3n) is 5.02. The summed E-state index contributed by atoms with van der Waals surface area (Å²) < 4.78 is 5.82. The number of amides is 1. The number of ether oxygens (including phenoxy) is 1. The molecule has 134 valence electrons. The standard InChI is InChI=1S/C20H24ClNO3/c1-13-19(20(24)25-16-9-4-2-3-5-10-16)17(12-18(23)22-13)14-7-6-8-15(21)11-14/h6-8,11,16-17H,2-5,9-10,12H2,1H3,(H,22,23)/t17-/m0/s1. The molecule has 0 saturated heterocycles. The van der Waals surface area contributed by atoms with Crippen molar-refractivity contribution in [2.24, 2.45) is 0 Å².